The van der Waals surface area contributed by atoms with Crippen LogP contribution < -0.4 is 0 Å². The van der Waals surface area contributed by atoms with Crippen molar-refractivity contribution in [2.45, 2.75) is 19.4 Å². The number of rotatable bonds is 2. The first-order chi connectivity index (χ1) is 8.66. The van der Waals surface area contributed by atoms with Crippen molar-refractivity contribution in [3.8, 4) is 0 Å². The monoisotopic (exact) mass is 282 g/mol. The minimum absolute atomic E-state index is 0.343. The van der Waals surface area contributed by atoms with Crippen molar-refractivity contribution in [1.29, 1.82) is 0 Å². The maximum Gasteiger partial charge on any atom is 0.178 e. The van der Waals surface area contributed by atoms with Crippen molar-refractivity contribution in [2.24, 2.45) is 5.92 Å². The molecule has 0 amide bonds. The standard InChI is InChI=1S/C13H15ClN2OS/c1-8(9-4-5-17-7-9)16-12-3-2-10(14)6-11(12)15-13(16)18/h2-3,6,8-9H,4-5,7H2,1H3,(H,15,18). The summed E-state index contributed by atoms with van der Waals surface area (Å²) >= 11 is 11.4. The van der Waals surface area contributed by atoms with Crippen LogP contribution in [0.25, 0.3) is 11.0 Å². The Kier molecular flexibility index (Phi) is 3.18. The molecule has 5 heteroatoms. The molecule has 0 aliphatic carbocycles. The fraction of sp³-hybridized carbons (Fsp3) is 0.462. The number of fused-ring (bicyclic) bond motifs is 1. The molecular formula is C13H15ClN2OS. The Morgan fingerprint density at radius 1 is 1.56 bits per heavy atom. The van der Waals surface area contributed by atoms with E-state index < -0.39 is 0 Å². The fourth-order valence-corrected chi connectivity index (χ4v) is 3.20. The Morgan fingerprint density at radius 2 is 2.39 bits per heavy atom. The average molecular weight is 283 g/mol. The number of benzene rings is 1. The van der Waals surface area contributed by atoms with Gasteiger partial charge in [0.25, 0.3) is 0 Å². The van der Waals surface area contributed by atoms with E-state index in [1.165, 1.54) is 0 Å². The Hall–Kier alpha value is -0.840. The van der Waals surface area contributed by atoms with Gasteiger partial charge in [-0.3, -0.25) is 0 Å². The van der Waals surface area contributed by atoms with E-state index in [1.54, 1.807) is 0 Å². The van der Waals surface area contributed by atoms with Crippen LogP contribution in [0.3, 0.4) is 0 Å². The number of hydrogen-bond donors (Lipinski definition) is 1. The summed E-state index contributed by atoms with van der Waals surface area (Å²) in [5, 5.41) is 0.725. The molecule has 1 N–H and O–H groups in total. The van der Waals surface area contributed by atoms with Gasteiger partial charge in [-0.15, -0.1) is 0 Å². The third-order valence-electron chi connectivity index (χ3n) is 3.73. The first-order valence-corrected chi connectivity index (χ1v) is 6.93. The van der Waals surface area contributed by atoms with Crippen LogP contribution in [0.1, 0.15) is 19.4 Å². The maximum absolute atomic E-state index is 6.00. The predicted octanol–water partition coefficient (Wildman–Crippen LogP) is 3.95. The van der Waals surface area contributed by atoms with Crippen molar-refractivity contribution in [3.05, 3.63) is 28.0 Å². The third kappa shape index (κ3) is 1.98. The van der Waals surface area contributed by atoms with Crippen LogP contribution in [0.5, 0.6) is 0 Å². The average Bonchev–Trinajstić information content (AvgIpc) is 2.94. The summed E-state index contributed by atoms with van der Waals surface area (Å²) in [5.74, 6) is 0.534. The summed E-state index contributed by atoms with van der Waals surface area (Å²) in [6.07, 6.45) is 1.10. The summed E-state index contributed by atoms with van der Waals surface area (Å²) in [6.45, 7) is 3.89. The molecule has 2 atom stereocenters. The zero-order valence-corrected chi connectivity index (χ0v) is 11.7. The van der Waals surface area contributed by atoms with Gasteiger partial charge in [0.15, 0.2) is 4.77 Å². The molecule has 1 aliphatic heterocycles. The van der Waals surface area contributed by atoms with Crippen molar-refractivity contribution >= 4 is 34.9 Å². The van der Waals surface area contributed by atoms with Crippen molar-refractivity contribution in [1.82, 2.24) is 9.55 Å². The molecule has 0 radical (unpaired) electrons. The number of aromatic nitrogens is 2. The second-order valence-corrected chi connectivity index (χ2v) is 5.65. The smallest absolute Gasteiger partial charge is 0.178 e. The molecule has 3 nitrogen and oxygen atoms in total. The molecule has 1 saturated heterocycles. The first-order valence-electron chi connectivity index (χ1n) is 6.14. The number of imidazole rings is 1. The van der Waals surface area contributed by atoms with E-state index in [-0.39, 0.29) is 0 Å². The molecule has 3 rings (SSSR count). The highest BCUT2D eigenvalue weighted by Gasteiger charge is 2.25. The zero-order valence-electron chi connectivity index (χ0n) is 10.1. The summed E-state index contributed by atoms with van der Waals surface area (Å²) in [4.78, 5) is 3.22. The highest BCUT2D eigenvalue weighted by atomic mass is 35.5. The molecule has 2 aromatic rings. The number of hydrogen-bond acceptors (Lipinski definition) is 2. The molecule has 96 valence electrons. The fourth-order valence-electron chi connectivity index (χ4n) is 2.65. The molecule has 1 aliphatic rings. The van der Waals surface area contributed by atoms with Crippen molar-refractivity contribution < 1.29 is 4.74 Å². The van der Waals surface area contributed by atoms with E-state index in [2.05, 4.69) is 16.5 Å². The number of ether oxygens (including phenoxy) is 1. The lowest BCUT2D eigenvalue weighted by Gasteiger charge is -2.20. The second-order valence-electron chi connectivity index (χ2n) is 4.83. The van der Waals surface area contributed by atoms with Crippen LogP contribution in [0, 0.1) is 10.7 Å². The lowest BCUT2D eigenvalue weighted by atomic mass is 10.0. The molecule has 0 spiro atoms. The molecule has 18 heavy (non-hydrogen) atoms. The van der Waals surface area contributed by atoms with Gasteiger partial charge >= 0.3 is 0 Å². The van der Waals surface area contributed by atoms with E-state index in [1.807, 2.05) is 18.2 Å². The number of nitrogens with zero attached hydrogens (tertiary/aromatic N) is 1. The van der Waals surface area contributed by atoms with Crippen LogP contribution in [-0.4, -0.2) is 22.8 Å². The Morgan fingerprint density at radius 3 is 3.11 bits per heavy atom. The minimum atomic E-state index is 0.343. The van der Waals surface area contributed by atoms with Gasteiger partial charge in [0.1, 0.15) is 0 Å². The van der Waals surface area contributed by atoms with Crippen molar-refractivity contribution in [2.75, 3.05) is 13.2 Å². The molecule has 1 aromatic carbocycles. The van der Waals surface area contributed by atoms with Crippen LogP contribution in [-0.2, 0) is 4.74 Å². The van der Waals surface area contributed by atoms with Gasteiger partial charge in [-0.1, -0.05) is 11.6 Å². The van der Waals surface area contributed by atoms with E-state index >= 15 is 0 Å². The van der Waals surface area contributed by atoms with E-state index in [4.69, 9.17) is 28.6 Å². The highest BCUT2D eigenvalue weighted by Crippen LogP contribution is 2.30. The minimum Gasteiger partial charge on any atom is -0.381 e. The van der Waals surface area contributed by atoms with Gasteiger partial charge in [0.05, 0.1) is 17.6 Å². The molecule has 0 saturated carbocycles. The topological polar surface area (TPSA) is 29.9 Å². The molecule has 1 aromatic heterocycles. The van der Waals surface area contributed by atoms with Gasteiger partial charge in [0.2, 0.25) is 0 Å². The first kappa shape index (κ1) is 12.2. The molecular weight excluding hydrogens is 268 g/mol. The molecule has 0 bridgehead atoms. The predicted molar refractivity (Wildman–Crippen MR) is 75.8 cm³/mol. The van der Waals surface area contributed by atoms with E-state index in [0.29, 0.717) is 12.0 Å². The zero-order chi connectivity index (χ0) is 12.7. The molecule has 1 fully saturated rings. The third-order valence-corrected chi connectivity index (χ3v) is 4.27. The van der Waals surface area contributed by atoms with Crippen LogP contribution in [0.15, 0.2) is 18.2 Å². The van der Waals surface area contributed by atoms with Crippen molar-refractivity contribution in [3.63, 3.8) is 0 Å². The lowest BCUT2D eigenvalue weighted by Crippen LogP contribution is -2.16. The van der Waals surface area contributed by atoms with E-state index in [0.717, 1.165) is 40.5 Å². The van der Waals surface area contributed by atoms with Crippen LogP contribution >= 0.6 is 23.8 Å². The lowest BCUT2D eigenvalue weighted by molar-refractivity contribution is 0.175. The number of nitrogens with one attached hydrogen (secondary N) is 1. The number of aromatic amines is 1. The van der Waals surface area contributed by atoms with Gasteiger partial charge in [-0.2, -0.15) is 0 Å². The van der Waals surface area contributed by atoms with Crippen LogP contribution in [0.4, 0.5) is 0 Å². The summed E-state index contributed by atoms with van der Waals surface area (Å²) in [6, 6.07) is 6.19. The van der Waals surface area contributed by atoms with Gasteiger partial charge < -0.3 is 14.3 Å². The number of H-pyrrole nitrogens is 1. The van der Waals surface area contributed by atoms with Crippen LogP contribution in [0.2, 0.25) is 5.02 Å². The molecule has 2 unspecified atom stereocenters. The highest BCUT2D eigenvalue weighted by molar-refractivity contribution is 7.71. The Labute approximate surface area is 116 Å². The molecule has 2 heterocycles. The van der Waals surface area contributed by atoms with Gasteiger partial charge in [0, 0.05) is 23.6 Å². The second kappa shape index (κ2) is 4.68. The maximum atomic E-state index is 6.00. The summed E-state index contributed by atoms with van der Waals surface area (Å²) in [5.41, 5.74) is 2.11. The Balaban J connectivity index is 2.10. The summed E-state index contributed by atoms with van der Waals surface area (Å²) in [7, 11) is 0. The summed E-state index contributed by atoms with van der Waals surface area (Å²) < 4.78 is 8.41. The SMILES string of the molecule is CC(C1CCOC1)n1c(=S)[nH]c2cc(Cl)ccc21. The van der Waals surface area contributed by atoms with Gasteiger partial charge in [-0.05, 0) is 43.8 Å². The quantitative estimate of drug-likeness (QED) is 0.845. The Bertz CT molecular complexity index is 627. The van der Waals surface area contributed by atoms with Gasteiger partial charge in [-0.25, -0.2) is 0 Å². The number of halogens is 1. The normalized spacial score (nSPS) is 21.6. The largest absolute Gasteiger partial charge is 0.381 e. The van der Waals surface area contributed by atoms with E-state index in [9.17, 15) is 0 Å².